The van der Waals surface area contributed by atoms with Crippen LogP contribution in [0.3, 0.4) is 0 Å². The maximum Gasteiger partial charge on any atom is 0.251 e. The number of allylic oxidation sites excluding steroid dienone is 1. The van der Waals surface area contributed by atoms with Crippen molar-refractivity contribution in [1.29, 1.82) is 0 Å². The van der Waals surface area contributed by atoms with Crippen molar-refractivity contribution >= 4 is 11.6 Å². The highest BCUT2D eigenvalue weighted by Gasteiger charge is 2.01. The SMILES string of the molecule is CCCCc1cccc(NC(=O)/C=C(\C)OC)c1. The van der Waals surface area contributed by atoms with E-state index < -0.39 is 0 Å². The summed E-state index contributed by atoms with van der Waals surface area (Å²) in [5.41, 5.74) is 2.08. The van der Waals surface area contributed by atoms with Crippen molar-refractivity contribution < 1.29 is 9.53 Å². The molecule has 3 nitrogen and oxygen atoms in total. The minimum atomic E-state index is -0.165. The van der Waals surface area contributed by atoms with Gasteiger partial charge in [-0.15, -0.1) is 0 Å². The van der Waals surface area contributed by atoms with Crippen LogP contribution in [-0.2, 0) is 16.0 Å². The van der Waals surface area contributed by atoms with Gasteiger partial charge < -0.3 is 10.1 Å². The number of carbonyl (C=O) groups excluding carboxylic acids is 1. The van der Waals surface area contributed by atoms with Crippen LogP contribution in [0.5, 0.6) is 0 Å². The molecule has 0 saturated carbocycles. The van der Waals surface area contributed by atoms with E-state index >= 15 is 0 Å². The molecule has 0 aliphatic rings. The number of methoxy groups -OCH3 is 1. The molecule has 0 fully saturated rings. The van der Waals surface area contributed by atoms with E-state index in [1.807, 2.05) is 18.2 Å². The molecule has 0 unspecified atom stereocenters. The summed E-state index contributed by atoms with van der Waals surface area (Å²) in [5, 5.41) is 2.83. The number of amides is 1. The van der Waals surface area contributed by atoms with Crippen LogP contribution >= 0.6 is 0 Å². The Bertz CT molecular complexity index is 424. The minimum Gasteiger partial charge on any atom is -0.501 e. The van der Waals surface area contributed by atoms with Crippen LogP contribution in [0.1, 0.15) is 32.3 Å². The Kier molecular flexibility index (Phi) is 5.98. The van der Waals surface area contributed by atoms with Gasteiger partial charge in [-0.2, -0.15) is 0 Å². The minimum absolute atomic E-state index is 0.165. The van der Waals surface area contributed by atoms with E-state index in [1.54, 1.807) is 14.0 Å². The lowest BCUT2D eigenvalue weighted by Gasteiger charge is -2.06. The number of hydrogen-bond acceptors (Lipinski definition) is 2. The molecule has 1 amide bonds. The molecule has 1 N–H and O–H groups in total. The lowest BCUT2D eigenvalue weighted by Crippen LogP contribution is -2.09. The molecule has 0 saturated heterocycles. The molecule has 98 valence electrons. The highest BCUT2D eigenvalue weighted by molar-refractivity contribution is 5.99. The van der Waals surface area contributed by atoms with Gasteiger partial charge in [0.05, 0.1) is 12.9 Å². The molecule has 0 spiro atoms. The average molecular weight is 247 g/mol. The number of aryl methyl sites for hydroxylation is 1. The molecule has 1 aromatic rings. The van der Waals surface area contributed by atoms with Crippen molar-refractivity contribution in [3.8, 4) is 0 Å². The lowest BCUT2D eigenvalue weighted by molar-refractivity contribution is -0.112. The molecule has 0 radical (unpaired) electrons. The van der Waals surface area contributed by atoms with Gasteiger partial charge in [0.15, 0.2) is 0 Å². The summed E-state index contributed by atoms with van der Waals surface area (Å²) in [6.45, 7) is 3.92. The molecule has 0 heterocycles. The summed E-state index contributed by atoms with van der Waals surface area (Å²) in [4.78, 5) is 11.6. The molecule has 0 aliphatic heterocycles. The third-order valence-electron chi connectivity index (χ3n) is 2.67. The standard InChI is InChI=1S/C15H21NO2/c1-4-5-7-13-8-6-9-14(11-13)16-15(17)10-12(2)18-3/h6,8-11H,4-5,7H2,1-3H3,(H,16,17)/b12-10+. The second-order valence-electron chi connectivity index (χ2n) is 4.25. The molecular weight excluding hydrogens is 226 g/mol. The molecule has 0 aromatic heterocycles. The van der Waals surface area contributed by atoms with Crippen molar-refractivity contribution in [2.24, 2.45) is 0 Å². The number of carbonyl (C=O) groups is 1. The second-order valence-corrected chi connectivity index (χ2v) is 4.25. The van der Waals surface area contributed by atoms with E-state index in [0.717, 1.165) is 12.1 Å². The number of ether oxygens (including phenoxy) is 1. The van der Waals surface area contributed by atoms with E-state index in [9.17, 15) is 4.79 Å². The molecule has 1 aromatic carbocycles. The number of nitrogens with one attached hydrogen (secondary N) is 1. The third kappa shape index (κ3) is 5.04. The summed E-state index contributed by atoms with van der Waals surface area (Å²) < 4.78 is 4.94. The summed E-state index contributed by atoms with van der Waals surface area (Å²) in [6.07, 6.45) is 4.83. The van der Waals surface area contributed by atoms with Crippen LogP contribution in [0.15, 0.2) is 36.1 Å². The zero-order valence-electron chi connectivity index (χ0n) is 11.3. The first-order chi connectivity index (χ1) is 8.65. The smallest absolute Gasteiger partial charge is 0.251 e. The fourth-order valence-corrected chi connectivity index (χ4v) is 1.61. The van der Waals surface area contributed by atoms with Gasteiger partial charge >= 0.3 is 0 Å². The van der Waals surface area contributed by atoms with Crippen LogP contribution in [0, 0.1) is 0 Å². The normalized spacial score (nSPS) is 11.2. The van der Waals surface area contributed by atoms with Crippen LogP contribution < -0.4 is 5.32 Å². The molecule has 0 atom stereocenters. The summed E-state index contributed by atoms with van der Waals surface area (Å²) in [5.74, 6) is 0.427. The number of anilines is 1. The predicted molar refractivity (Wildman–Crippen MR) is 74.4 cm³/mol. The first kappa shape index (κ1) is 14.3. The summed E-state index contributed by atoms with van der Waals surface area (Å²) >= 11 is 0. The number of benzene rings is 1. The van der Waals surface area contributed by atoms with Gasteiger partial charge in [0, 0.05) is 11.8 Å². The largest absolute Gasteiger partial charge is 0.501 e. The maximum absolute atomic E-state index is 11.6. The number of unbranched alkanes of at least 4 members (excludes halogenated alkanes) is 1. The topological polar surface area (TPSA) is 38.3 Å². The van der Waals surface area contributed by atoms with Gasteiger partial charge in [-0.3, -0.25) is 4.79 Å². The fourth-order valence-electron chi connectivity index (χ4n) is 1.61. The van der Waals surface area contributed by atoms with Gasteiger partial charge in [-0.1, -0.05) is 25.5 Å². The Morgan fingerprint density at radius 1 is 1.44 bits per heavy atom. The first-order valence-corrected chi connectivity index (χ1v) is 6.28. The van der Waals surface area contributed by atoms with E-state index in [2.05, 4.69) is 18.3 Å². The molecule has 1 rings (SSSR count). The van der Waals surface area contributed by atoms with Gasteiger partial charge in [0.1, 0.15) is 0 Å². The molecule has 0 aliphatic carbocycles. The van der Waals surface area contributed by atoms with Gasteiger partial charge in [0.2, 0.25) is 0 Å². The first-order valence-electron chi connectivity index (χ1n) is 6.28. The predicted octanol–water partition coefficient (Wildman–Crippen LogP) is 3.52. The maximum atomic E-state index is 11.6. The average Bonchev–Trinajstić information content (AvgIpc) is 2.36. The number of hydrogen-bond donors (Lipinski definition) is 1. The summed E-state index contributed by atoms with van der Waals surface area (Å²) in [7, 11) is 1.55. The van der Waals surface area contributed by atoms with Crippen molar-refractivity contribution in [3.63, 3.8) is 0 Å². The quantitative estimate of drug-likeness (QED) is 0.617. The van der Waals surface area contributed by atoms with Crippen LogP contribution in [0.25, 0.3) is 0 Å². The lowest BCUT2D eigenvalue weighted by atomic mass is 10.1. The Morgan fingerprint density at radius 2 is 2.22 bits per heavy atom. The van der Waals surface area contributed by atoms with E-state index in [-0.39, 0.29) is 5.91 Å². The monoisotopic (exact) mass is 247 g/mol. The Morgan fingerprint density at radius 3 is 2.89 bits per heavy atom. The number of rotatable bonds is 6. The van der Waals surface area contributed by atoms with Crippen molar-refractivity contribution in [2.45, 2.75) is 33.1 Å². The van der Waals surface area contributed by atoms with E-state index in [4.69, 9.17) is 4.74 Å². The van der Waals surface area contributed by atoms with Crippen molar-refractivity contribution in [2.75, 3.05) is 12.4 Å². The molecular formula is C15H21NO2. The van der Waals surface area contributed by atoms with Gasteiger partial charge in [-0.05, 0) is 37.5 Å². The van der Waals surface area contributed by atoms with E-state index in [1.165, 1.54) is 24.5 Å². The van der Waals surface area contributed by atoms with Gasteiger partial charge in [-0.25, -0.2) is 0 Å². The van der Waals surface area contributed by atoms with Crippen molar-refractivity contribution in [3.05, 3.63) is 41.7 Å². The van der Waals surface area contributed by atoms with E-state index in [0.29, 0.717) is 5.76 Å². The summed E-state index contributed by atoms with van der Waals surface area (Å²) in [6, 6.07) is 7.96. The fraction of sp³-hybridized carbons (Fsp3) is 0.400. The molecule has 18 heavy (non-hydrogen) atoms. The van der Waals surface area contributed by atoms with Crippen LogP contribution in [-0.4, -0.2) is 13.0 Å². The second kappa shape index (κ2) is 7.54. The Hall–Kier alpha value is -1.77. The third-order valence-corrected chi connectivity index (χ3v) is 2.67. The van der Waals surface area contributed by atoms with Crippen LogP contribution in [0.2, 0.25) is 0 Å². The molecule has 3 heteroatoms. The zero-order chi connectivity index (χ0) is 13.4. The van der Waals surface area contributed by atoms with Gasteiger partial charge in [0.25, 0.3) is 5.91 Å². The Labute approximate surface area is 109 Å². The molecule has 0 bridgehead atoms. The van der Waals surface area contributed by atoms with Crippen LogP contribution in [0.4, 0.5) is 5.69 Å². The highest BCUT2D eigenvalue weighted by Crippen LogP contribution is 2.13. The zero-order valence-corrected chi connectivity index (χ0v) is 11.3. The van der Waals surface area contributed by atoms with Crippen molar-refractivity contribution in [1.82, 2.24) is 0 Å². The Balaban J connectivity index is 2.64. The highest BCUT2D eigenvalue weighted by atomic mass is 16.5.